The summed E-state index contributed by atoms with van der Waals surface area (Å²) in [6, 6.07) is 2.01. The zero-order valence-electron chi connectivity index (χ0n) is 11.9. The van der Waals surface area contributed by atoms with Crippen molar-refractivity contribution in [2.24, 2.45) is 5.73 Å². The molecule has 0 unspecified atom stereocenters. The van der Waals surface area contributed by atoms with Gasteiger partial charge < -0.3 is 16.0 Å². The first-order valence-electron chi connectivity index (χ1n) is 6.83. The fourth-order valence-corrected chi connectivity index (χ4v) is 2.42. The van der Waals surface area contributed by atoms with Crippen LogP contribution in [0.1, 0.15) is 30.2 Å². The first kappa shape index (κ1) is 14.7. The molecule has 0 spiro atoms. The molecule has 0 radical (unpaired) electrons. The summed E-state index contributed by atoms with van der Waals surface area (Å²) in [6.07, 6.45) is 3.11. The molecule has 1 aliphatic carbocycles. The predicted molar refractivity (Wildman–Crippen MR) is 84.0 cm³/mol. The zero-order valence-corrected chi connectivity index (χ0v) is 12.7. The number of carbonyl (C=O) groups is 1. The Balaban J connectivity index is 2.18. The molecule has 0 bridgehead atoms. The lowest BCUT2D eigenvalue weighted by atomic mass is 10.1. The van der Waals surface area contributed by atoms with Crippen molar-refractivity contribution in [2.45, 2.75) is 26.2 Å². The second-order valence-electron chi connectivity index (χ2n) is 4.97. The van der Waals surface area contributed by atoms with Crippen LogP contribution >= 0.6 is 12.2 Å². The average molecular weight is 292 g/mol. The predicted octanol–water partition coefficient (Wildman–Crippen LogP) is 1.09. The summed E-state index contributed by atoms with van der Waals surface area (Å²) in [7, 11) is 1.77. The van der Waals surface area contributed by atoms with E-state index in [1.165, 1.54) is 5.56 Å². The lowest BCUT2D eigenvalue weighted by Crippen LogP contribution is -2.32. The number of pyridine rings is 1. The number of fused-ring (bicyclic) bond motifs is 1. The third-order valence-corrected chi connectivity index (χ3v) is 3.84. The fraction of sp³-hybridized carbons (Fsp3) is 0.500. The summed E-state index contributed by atoms with van der Waals surface area (Å²) in [5.41, 5.74) is 8.79. The maximum Gasteiger partial charge on any atom is 0.241 e. The molecule has 108 valence electrons. The quantitative estimate of drug-likeness (QED) is 0.795. The molecule has 0 fully saturated rings. The minimum absolute atomic E-state index is 0.0173. The molecule has 2 rings (SSSR count). The van der Waals surface area contributed by atoms with Crippen molar-refractivity contribution in [2.75, 3.05) is 25.5 Å². The summed E-state index contributed by atoms with van der Waals surface area (Å²) >= 11 is 5.08. The normalized spacial score (nSPS) is 12.9. The smallest absolute Gasteiger partial charge is 0.241 e. The van der Waals surface area contributed by atoms with Crippen LogP contribution < -0.4 is 11.1 Å². The summed E-state index contributed by atoms with van der Waals surface area (Å²) in [4.78, 5) is 18.4. The van der Waals surface area contributed by atoms with Gasteiger partial charge in [-0.3, -0.25) is 4.79 Å². The second kappa shape index (κ2) is 6.17. The number of hydrogen-bond acceptors (Lipinski definition) is 4. The van der Waals surface area contributed by atoms with E-state index in [9.17, 15) is 4.79 Å². The van der Waals surface area contributed by atoms with Gasteiger partial charge in [-0.05, 0) is 37.8 Å². The van der Waals surface area contributed by atoms with Gasteiger partial charge in [-0.1, -0.05) is 12.2 Å². The number of nitrogens with two attached hydrogens (primary N) is 1. The first-order chi connectivity index (χ1) is 9.52. The van der Waals surface area contributed by atoms with Gasteiger partial charge in [-0.25, -0.2) is 4.98 Å². The van der Waals surface area contributed by atoms with E-state index in [2.05, 4.69) is 10.3 Å². The second-order valence-corrected chi connectivity index (χ2v) is 5.41. The van der Waals surface area contributed by atoms with Crippen molar-refractivity contribution >= 4 is 28.9 Å². The van der Waals surface area contributed by atoms with Gasteiger partial charge in [0.25, 0.3) is 0 Å². The number of hydrogen-bond donors (Lipinski definition) is 2. The maximum absolute atomic E-state index is 11.8. The average Bonchev–Trinajstić information content (AvgIpc) is 2.89. The van der Waals surface area contributed by atoms with Crippen LogP contribution in [0.15, 0.2) is 6.07 Å². The first-order valence-corrected chi connectivity index (χ1v) is 7.24. The van der Waals surface area contributed by atoms with E-state index in [-0.39, 0.29) is 12.5 Å². The van der Waals surface area contributed by atoms with Crippen LogP contribution in [0, 0.1) is 0 Å². The molecule has 0 aromatic carbocycles. The van der Waals surface area contributed by atoms with Crippen molar-refractivity contribution < 1.29 is 4.79 Å². The lowest BCUT2D eigenvalue weighted by molar-refractivity contribution is -0.127. The van der Waals surface area contributed by atoms with Crippen LogP contribution in [0.5, 0.6) is 0 Å². The highest BCUT2D eigenvalue weighted by Crippen LogP contribution is 2.25. The van der Waals surface area contributed by atoms with E-state index in [0.29, 0.717) is 17.4 Å². The van der Waals surface area contributed by atoms with E-state index in [1.54, 1.807) is 11.9 Å². The number of likely N-dealkylation sites (N-methyl/N-ethyl adjacent to an activating group) is 1. The lowest BCUT2D eigenvalue weighted by Gasteiger charge is -2.17. The van der Waals surface area contributed by atoms with Crippen molar-refractivity contribution in [1.82, 2.24) is 9.88 Å². The molecular formula is C14H20N4OS. The van der Waals surface area contributed by atoms with Gasteiger partial charge in [0.1, 0.15) is 10.8 Å². The number of aryl methyl sites for hydroxylation is 2. The summed E-state index contributed by atoms with van der Waals surface area (Å²) < 4.78 is 0. The minimum atomic E-state index is 0.0173. The third kappa shape index (κ3) is 3.07. The standard InChI is InChI=1S/C14H20N4OS/c1-3-18(2)12(19)8-16-14-10(13(15)20)7-9-5-4-6-11(9)17-14/h7H,3-6,8H2,1-2H3,(H2,15,20)(H,16,17). The molecule has 1 aromatic heterocycles. The number of rotatable bonds is 5. The molecule has 0 atom stereocenters. The molecule has 1 aliphatic rings. The Kier molecular flexibility index (Phi) is 4.54. The number of anilines is 1. The number of nitrogens with zero attached hydrogens (tertiary/aromatic N) is 2. The summed E-state index contributed by atoms with van der Waals surface area (Å²) in [6.45, 7) is 2.82. The molecule has 0 saturated carbocycles. The van der Waals surface area contributed by atoms with E-state index >= 15 is 0 Å². The van der Waals surface area contributed by atoms with Gasteiger partial charge in [0.2, 0.25) is 5.91 Å². The van der Waals surface area contributed by atoms with Gasteiger partial charge >= 0.3 is 0 Å². The van der Waals surface area contributed by atoms with Crippen molar-refractivity contribution in [3.63, 3.8) is 0 Å². The Labute approximate surface area is 124 Å². The molecule has 6 heteroatoms. The maximum atomic E-state index is 11.8. The van der Waals surface area contributed by atoms with Crippen LogP contribution in [-0.4, -0.2) is 40.9 Å². The molecule has 5 nitrogen and oxygen atoms in total. The Morgan fingerprint density at radius 1 is 1.55 bits per heavy atom. The van der Waals surface area contributed by atoms with Crippen LogP contribution in [0.2, 0.25) is 0 Å². The molecule has 1 amide bonds. The summed E-state index contributed by atoms with van der Waals surface area (Å²) in [5, 5.41) is 3.07. The Hall–Kier alpha value is -1.69. The van der Waals surface area contributed by atoms with Crippen LogP contribution in [-0.2, 0) is 17.6 Å². The van der Waals surface area contributed by atoms with E-state index in [4.69, 9.17) is 18.0 Å². The van der Waals surface area contributed by atoms with E-state index in [1.807, 2.05) is 13.0 Å². The van der Waals surface area contributed by atoms with Crippen molar-refractivity contribution in [3.8, 4) is 0 Å². The molecule has 3 N–H and O–H groups in total. The van der Waals surface area contributed by atoms with Gasteiger partial charge in [0, 0.05) is 19.3 Å². The number of amides is 1. The minimum Gasteiger partial charge on any atom is -0.389 e. The monoisotopic (exact) mass is 292 g/mol. The van der Waals surface area contributed by atoms with Gasteiger partial charge in [-0.2, -0.15) is 0 Å². The summed E-state index contributed by atoms with van der Waals surface area (Å²) in [5.74, 6) is 0.639. The number of carbonyl (C=O) groups excluding carboxylic acids is 1. The highest BCUT2D eigenvalue weighted by atomic mass is 32.1. The molecular weight excluding hydrogens is 272 g/mol. The zero-order chi connectivity index (χ0) is 14.7. The number of nitrogens with one attached hydrogen (secondary N) is 1. The van der Waals surface area contributed by atoms with Gasteiger partial charge in [0.15, 0.2) is 0 Å². The molecule has 20 heavy (non-hydrogen) atoms. The Morgan fingerprint density at radius 2 is 2.30 bits per heavy atom. The van der Waals surface area contributed by atoms with Crippen LogP contribution in [0.4, 0.5) is 5.82 Å². The number of aromatic nitrogens is 1. The van der Waals surface area contributed by atoms with Crippen LogP contribution in [0.25, 0.3) is 0 Å². The molecule has 0 aliphatic heterocycles. The van der Waals surface area contributed by atoms with Crippen molar-refractivity contribution in [1.29, 1.82) is 0 Å². The topological polar surface area (TPSA) is 71.2 Å². The number of thiocarbonyl (C=S) groups is 1. The van der Waals surface area contributed by atoms with Crippen molar-refractivity contribution in [3.05, 3.63) is 22.9 Å². The fourth-order valence-electron chi connectivity index (χ4n) is 2.27. The van der Waals surface area contributed by atoms with E-state index < -0.39 is 0 Å². The Bertz CT molecular complexity index is 544. The SMILES string of the molecule is CCN(C)C(=O)CNc1nc2c(cc1C(N)=S)CCC2. The molecule has 1 aromatic rings. The van der Waals surface area contributed by atoms with E-state index in [0.717, 1.165) is 30.5 Å². The van der Waals surface area contributed by atoms with Gasteiger partial charge in [0.05, 0.1) is 12.1 Å². The largest absolute Gasteiger partial charge is 0.389 e. The molecule has 1 heterocycles. The highest BCUT2D eigenvalue weighted by molar-refractivity contribution is 7.80. The Morgan fingerprint density at radius 3 is 2.95 bits per heavy atom. The molecule has 0 saturated heterocycles. The highest BCUT2D eigenvalue weighted by Gasteiger charge is 2.18. The van der Waals surface area contributed by atoms with Crippen LogP contribution in [0.3, 0.4) is 0 Å². The third-order valence-electron chi connectivity index (χ3n) is 3.62. The van der Waals surface area contributed by atoms with Gasteiger partial charge in [-0.15, -0.1) is 0 Å².